The molecule has 4 nitrogen and oxygen atoms in total. The van der Waals surface area contributed by atoms with Crippen LogP contribution >= 0.6 is 22.9 Å². The van der Waals surface area contributed by atoms with Crippen LogP contribution in [0.15, 0.2) is 46.9 Å². The zero-order valence-electron chi connectivity index (χ0n) is 14.9. The van der Waals surface area contributed by atoms with Crippen molar-refractivity contribution < 1.29 is 4.79 Å². The van der Waals surface area contributed by atoms with Gasteiger partial charge < -0.3 is 4.57 Å². The second kappa shape index (κ2) is 7.89. The lowest BCUT2D eigenvalue weighted by atomic mass is 10.2. The average molecular weight is 386 g/mol. The number of carbonyl (C=O) groups is 1. The van der Waals surface area contributed by atoms with E-state index in [-0.39, 0.29) is 5.91 Å². The van der Waals surface area contributed by atoms with Crippen LogP contribution in [0, 0.1) is 20.8 Å². The minimum Gasteiger partial charge on any atom is -0.318 e. The van der Waals surface area contributed by atoms with E-state index in [1.165, 1.54) is 0 Å². The van der Waals surface area contributed by atoms with E-state index in [9.17, 15) is 4.79 Å². The predicted octanol–water partition coefficient (Wildman–Crippen LogP) is 4.81. The van der Waals surface area contributed by atoms with Crippen molar-refractivity contribution in [1.82, 2.24) is 9.99 Å². The van der Waals surface area contributed by atoms with Crippen molar-refractivity contribution in [2.75, 3.05) is 0 Å². The van der Waals surface area contributed by atoms with Gasteiger partial charge in [-0.15, -0.1) is 11.3 Å². The van der Waals surface area contributed by atoms with Gasteiger partial charge in [0.2, 0.25) is 5.91 Å². The fourth-order valence-corrected chi connectivity index (χ4v) is 3.70. The fourth-order valence-electron chi connectivity index (χ4n) is 2.82. The van der Waals surface area contributed by atoms with Gasteiger partial charge in [-0.05, 0) is 56.0 Å². The lowest BCUT2D eigenvalue weighted by molar-refractivity contribution is -0.120. The van der Waals surface area contributed by atoms with Crippen LogP contribution in [0.5, 0.6) is 0 Å². The maximum atomic E-state index is 11.9. The topological polar surface area (TPSA) is 46.4 Å². The highest BCUT2D eigenvalue weighted by atomic mass is 35.5. The molecule has 0 saturated carbocycles. The van der Waals surface area contributed by atoms with Crippen LogP contribution in [-0.4, -0.2) is 16.7 Å². The Morgan fingerprint density at radius 3 is 2.77 bits per heavy atom. The van der Waals surface area contributed by atoms with Gasteiger partial charge in [0.25, 0.3) is 0 Å². The van der Waals surface area contributed by atoms with Crippen LogP contribution in [0.4, 0.5) is 0 Å². The van der Waals surface area contributed by atoms with Gasteiger partial charge in [0.05, 0.1) is 12.6 Å². The summed E-state index contributed by atoms with van der Waals surface area (Å²) in [5.74, 6) is -0.122. The molecule has 2 heterocycles. The summed E-state index contributed by atoms with van der Waals surface area (Å²) in [5, 5.41) is 6.80. The lowest BCUT2D eigenvalue weighted by Crippen LogP contribution is -2.19. The molecule has 0 aliphatic carbocycles. The number of nitrogens with one attached hydrogen (secondary N) is 1. The number of aromatic nitrogens is 1. The molecule has 3 rings (SSSR count). The molecule has 1 aromatic carbocycles. The first kappa shape index (κ1) is 18.4. The molecule has 0 saturated heterocycles. The molecule has 0 radical (unpaired) electrons. The van der Waals surface area contributed by atoms with Crippen LogP contribution in [-0.2, 0) is 11.2 Å². The number of hydrogen-bond acceptors (Lipinski definition) is 3. The number of carbonyl (C=O) groups excluding carboxylic acids is 1. The highest BCUT2D eigenvalue weighted by Gasteiger charge is 2.10. The van der Waals surface area contributed by atoms with Crippen molar-refractivity contribution in [3.63, 3.8) is 0 Å². The monoisotopic (exact) mass is 385 g/mol. The Morgan fingerprint density at radius 2 is 2.08 bits per heavy atom. The van der Waals surface area contributed by atoms with Crippen LogP contribution in [0.3, 0.4) is 0 Å². The van der Waals surface area contributed by atoms with Gasteiger partial charge in [-0.25, -0.2) is 5.43 Å². The van der Waals surface area contributed by atoms with Crippen LogP contribution in [0.25, 0.3) is 5.69 Å². The van der Waals surface area contributed by atoms with Gasteiger partial charge in [-0.3, -0.25) is 4.79 Å². The first-order chi connectivity index (χ1) is 12.5. The second-order valence-electron chi connectivity index (χ2n) is 6.14. The summed E-state index contributed by atoms with van der Waals surface area (Å²) in [6, 6.07) is 11.9. The zero-order chi connectivity index (χ0) is 18.7. The van der Waals surface area contributed by atoms with Crippen molar-refractivity contribution in [2.24, 2.45) is 5.10 Å². The number of hydrogen-bond donors (Lipinski definition) is 1. The third kappa shape index (κ3) is 4.06. The van der Waals surface area contributed by atoms with Gasteiger partial charge >= 0.3 is 0 Å². The van der Waals surface area contributed by atoms with E-state index >= 15 is 0 Å². The number of aryl methyl sites for hydroxylation is 2. The molecule has 0 unspecified atom stereocenters. The third-order valence-corrected chi connectivity index (χ3v) is 5.48. The van der Waals surface area contributed by atoms with E-state index < -0.39 is 0 Å². The number of rotatable bonds is 5. The Labute approximate surface area is 162 Å². The molecule has 3 aromatic rings. The molecular weight excluding hydrogens is 366 g/mol. The molecule has 1 amide bonds. The maximum absolute atomic E-state index is 11.9. The van der Waals surface area contributed by atoms with Crippen molar-refractivity contribution in [3.05, 3.63) is 74.2 Å². The van der Waals surface area contributed by atoms with Gasteiger partial charge in [0, 0.05) is 32.5 Å². The van der Waals surface area contributed by atoms with Gasteiger partial charge in [-0.1, -0.05) is 23.7 Å². The number of hydrazone groups is 1. The molecule has 6 heteroatoms. The van der Waals surface area contributed by atoms with Gasteiger partial charge in [0.1, 0.15) is 0 Å². The molecule has 0 spiro atoms. The molecule has 0 aliphatic heterocycles. The molecule has 0 bridgehead atoms. The summed E-state index contributed by atoms with van der Waals surface area (Å²) in [6.07, 6.45) is 2.02. The molecule has 26 heavy (non-hydrogen) atoms. The number of thiophene rings is 1. The highest BCUT2D eigenvalue weighted by Crippen LogP contribution is 2.24. The van der Waals surface area contributed by atoms with Crippen LogP contribution in [0.1, 0.15) is 27.4 Å². The van der Waals surface area contributed by atoms with E-state index in [1.807, 2.05) is 62.5 Å². The summed E-state index contributed by atoms with van der Waals surface area (Å²) in [7, 11) is 0. The summed E-state index contributed by atoms with van der Waals surface area (Å²) >= 11 is 7.83. The molecule has 134 valence electrons. The lowest BCUT2D eigenvalue weighted by Gasteiger charge is -2.11. The van der Waals surface area contributed by atoms with E-state index in [2.05, 4.69) is 15.1 Å². The standard InChI is InChI=1S/C20H20ClN3OS/c1-13-6-7-17(10-19(13)21)24-14(2)9-16(15(24)3)12-22-23-20(25)11-18-5-4-8-26-18/h4-10,12H,11H2,1-3H3,(H,23,25)/b22-12-. The minimum absolute atomic E-state index is 0.122. The van der Waals surface area contributed by atoms with Gasteiger partial charge in [-0.2, -0.15) is 5.10 Å². The largest absolute Gasteiger partial charge is 0.318 e. The molecule has 0 atom stereocenters. The third-order valence-electron chi connectivity index (χ3n) is 4.19. The van der Waals surface area contributed by atoms with E-state index in [0.717, 1.165) is 38.1 Å². The molecule has 1 N–H and O–H groups in total. The highest BCUT2D eigenvalue weighted by molar-refractivity contribution is 7.10. The smallest absolute Gasteiger partial charge is 0.245 e. The number of benzene rings is 1. The fraction of sp³-hybridized carbons (Fsp3) is 0.200. The Morgan fingerprint density at radius 1 is 1.27 bits per heavy atom. The minimum atomic E-state index is -0.122. The first-order valence-electron chi connectivity index (χ1n) is 8.25. The summed E-state index contributed by atoms with van der Waals surface area (Å²) in [5.41, 5.74) is 7.72. The van der Waals surface area contributed by atoms with E-state index in [1.54, 1.807) is 17.6 Å². The first-order valence-corrected chi connectivity index (χ1v) is 9.51. The summed E-state index contributed by atoms with van der Waals surface area (Å²) in [6.45, 7) is 6.04. The van der Waals surface area contributed by atoms with E-state index in [4.69, 9.17) is 11.6 Å². The molecule has 2 aromatic heterocycles. The average Bonchev–Trinajstić information content (AvgIpc) is 3.19. The Kier molecular flexibility index (Phi) is 5.59. The van der Waals surface area contributed by atoms with Crippen LogP contribution in [0.2, 0.25) is 5.02 Å². The Bertz CT molecular complexity index is 958. The Balaban J connectivity index is 1.75. The maximum Gasteiger partial charge on any atom is 0.245 e. The molecule has 0 fully saturated rings. The zero-order valence-corrected chi connectivity index (χ0v) is 16.5. The van der Waals surface area contributed by atoms with Crippen molar-refractivity contribution in [3.8, 4) is 5.69 Å². The molecule has 0 aliphatic rings. The predicted molar refractivity (Wildman–Crippen MR) is 109 cm³/mol. The van der Waals surface area contributed by atoms with Crippen molar-refractivity contribution >= 4 is 35.1 Å². The normalized spacial score (nSPS) is 11.2. The van der Waals surface area contributed by atoms with Crippen molar-refractivity contribution in [1.29, 1.82) is 0 Å². The number of nitrogens with zero attached hydrogens (tertiary/aromatic N) is 2. The Hall–Kier alpha value is -2.37. The summed E-state index contributed by atoms with van der Waals surface area (Å²) < 4.78 is 2.13. The number of amides is 1. The van der Waals surface area contributed by atoms with Crippen molar-refractivity contribution in [2.45, 2.75) is 27.2 Å². The molecular formula is C20H20ClN3OS. The second-order valence-corrected chi connectivity index (χ2v) is 7.58. The quantitative estimate of drug-likeness (QED) is 0.497. The van der Waals surface area contributed by atoms with E-state index in [0.29, 0.717) is 6.42 Å². The van der Waals surface area contributed by atoms with Crippen LogP contribution < -0.4 is 5.43 Å². The SMILES string of the molecule is Cc1ccc(-n2c(C)cc(/C=N\NC(=O)Cc3cccs3)c2C)cc1Cl. The summed E-state index contributed by atoms with van der Waals surface area (Å²) in [4.78, 5) is 12.9. The van der Waals surface area contributed by atoms with Gasteiger partial charge in [0.15, 0.2) is 0 Å². The number of halogens is 1.